The predicted octanol–water partition coefficient (Wildman–Crippen LogP) is 3.33. The summed E-state index contributed by atoms with van der Waals surface area (Å²) < 4.78 is 12.8. The molecule has 1 aliphatic heterocycles. The van der Waals surface area contributed by atoms with Gasteiger partial charge in [0.1, 0.15) is 23.0 Å². The van der Waals surface area contributed by atoms with E-state index in [9.17, 15) is 10.1 Å². The topological polar surface area (TPSA) is 83.4 Å². The molecule has 1 amide bonds. The van der Waals surface area contributed by atoms with Crippen LogP contribution in [0.1, 0.15) is 27.2 Å². The molecule has 29 heavy (non-hydrogen) atoms. The Bertz CT molecular complexity index is 1020. The van der Waals surface area contributed by atoms with E-state index in [1.54, 1.807) is 23.9 Å². The Hall–Kier alpha value is -3.34. The molecule has 0 aliphatic carbocycles. The summed E-state index contributed by atoms with van der Waals surface area (Å²) in [6.07, 6.45) is 3.54. The predicted molar refractivity (Wildman–Crippen MR) is 108 cm³/mol. The molecule has 4 rings (SSSR count). The van der Waals surface area contributed by atoms with E-state index in [4.69, 9.17) is 9.15 Å². The molecule has 7 nitrogen and oxygen atoms in total. The van der Waals surface area contributed by atoms with Crippen molar-refractivity contribution in [3.8, 4) is 12.0 Å². The summed E-state index contributed by atoms with van der Waals surface area (Å²) in [6, 6.07) is 13.5. The largest absolute Gasteiger partial charge is 0.443 e. The summed E-state index contributed by atoms with van der Waals surface area (Å²) in [5.74, 6) is 0.398. The van der Waals surface area contributed by atoms with Crippen LogP contribution in [0.25, 0.3) is 5.88 Å². The number of aromatic nitrogens is 1. The molecule has 1 saturated heterocycles. The summed E-state index contributed by atoms with van der Waals surface area (Å²) in [5.41, 5.74) is 2.33. The second kappa shape index (κ2) is 8.35. The van der Waals surface area contributed by atoms with Gasteiger partial charge in [-0.25, -0.2) is 0 Å². The molecule has 7 heteroatoms. The molecule has 148 valence electrons. The third kappa shape index (κ3) is 4.09. The van der Waals surface area contributed by atoms with E-state index in [2.05, 4.69) is 16.3 Å². The van der Waals surface area contributed by atoms with Gasteiger partial charge in [-0.15, -0.1) is 0 Å². The zero-order valence-corrected chi connectivity index (χ0v) is 16.2. The van der Waals surface area contributed by atoms with Gasteiger partial charge in [-0.1, -0.05) is 12.1 Å². The number of hydrogen-bond donors (Lipinski definition) is 1. The van der Waals surface area contributed by atoms with Crippen LogP contribution >= 0.6 is 0 Å². The number of nitrogens with zero attached hydrogens (tertiary/aromatic N) is 3. The van der Waals surface area contributed by atoms with Gasteiger partial charge in [-0.2, -0.15) is 5.26 Å². The van der Waals surface area contributed by atoms with Crippen LogP contribution < -0.4 is 5.32 Å². The first-order chi connectivity index (χ1) is 14.2. The summed E-state index contributed by atoms with van der Waals surface area (Å²) >= 11 is 0. The van der Waals surface area contributed by atoms with Crippen LogP contribution in [0.2, 0.25) is 0 Å². The number of benzene rings is 1. The number of nitriles is 1. The number of carbonyl (C=O) groups is 1. The molecule has 0 spiro atoms. The molecular formula is C22H22N4O3. The number of nitrogens with one attached hydrogen (secondary N) is 1. The Kier molecular flexibility index (Phi) is 5.47. The van der Waals surface area contributed by atoms with Gasteiger partial charge in [0, 0.05) is 37.7 Å². The Morgan fingerprint density at radius 2 is 1.86 bits per heavy atom. The summed E-state index contributed by atoms with van der Waals surface area (Å²) in [4.78, 5) is 15.2. The minimum atomic E-state index is -0.359. The van der Waals surface area contributed by atoms with E-state index in [1.807, 2.05) is 36.4 Å². The summed E-state index contributed by atoms with van der Waals surface area (Å²) in [5, 5.41) is 12.5. The molecule has 2 aromatic heterocycles. The fourth-order valence-corrected chi connectivity index (χ4v) is 3.46. The van der Waals surface area contributed by atoms with Gasteiger partial charge in [-0.3, -0.25) is 14.3 Å². The number of morpholine rings is 1. The third-order valence-corrected chi connectivity index (χ3v) is 4.97. The molecule has 0 atom stereocenters. The van der Waals surface area contributed by atoms with E-state index in [0.717, 1.165) is 32.8 Å². The fraction of sp³-hybridized carbons (Fsp3) is 0.273. The van der Waals surface area contributed by atoms with Crippen molar-refractivity contribution in [2.75, 3.05) is 31.6 Å². The highest BCUT2D eigenvalue weighted by atomic mass is 16.5. The molecule has 1 N–H and O–H groups in total. The molecular weight excluding hydrogens is 368 g/mol. The Morgan fingerprint density at radius 1 is 1.17 bits per heavy atom. The van der Waals surface area contributed by atoms with Crippen LogP contribution in [0.3, 0.4) is 0 Å². The number of rotatable bonds is 5. The maximum absolute atomic E-state index is 12.8. The lowest BCUT2D eigenvalue weighted by molar-refractivity contribution is 0.0342. The minimum absolute atomic E-state index is 0.222. The van der Waals surface area contributed by atoms with E-state index in [0.29, 0.717) is 17.3 Å². The van der Waals surface area contributed by atoms with E-state index in [1.165, 1.54) is 5.56 Å². The minimum Gasteiger partial charge on any atom is -0.443 e. The number of amides is 1. The number of aryl methyl sites for hydroxylation is 1. The van der Waals surface area contributed by atoms with Crippen LogP contribution in [-0.4, -0.2) is 41.7 Å². The Labute approximate surface area is 169 Å². The van der Waals surface area contributed by atoms with E-state index in [-0.39, 0.29) is 17.0 Å². The number of anilines is 1. The average Bonchev–Trinajstić information content (AvgIpc) is 3.37. The van der Waals surface area contributed by atoms with Crippen LogP contribution in [0.5, 0.6) is 0 Å². The van der Waals surface area contributed by atoms with Crippen molar-refractivity contribution in [2.24, 2.45) is 0 Å². The first-order valence-corrected chi connectivity index (χ1v) is 9.53. The molecule has 1 fully saturated rings. The van der Waals surface area contributed by atoms with E-state index < -0.39 is 0 Å². The molecule has 1 aromatic carbocycles. The smallest absolute Gasteiger partial charge is 0.260 e. The highest BCUT2D eigenvalue weighted by molar-refractivity contribution is 6.07. The van der Waals surface area contributed by atoms with Crippen molar-refractivity contribution in [3.05, 3.63) is 71.2 Å². The first kappa shape index (κ1) is 19.0. The van der Waals surface area contributed by atoms with Crippen LogP contribution in [-0.2, 0) is 11.3 Å². The molecule has 3 aromatic rings. The van der Waals surface area contributed by atoms with Gasteiger partial charge in [0.2, 0.25) is 5.88 Å². The van der Waals surface area contributed by atoms with Crippen molar-refractivity contribution in [1.29, 1.82) is 5.26 Å². The summed E-state index contributed by atoms with van der Waals surface area (Å²) in [6.45, 7) is 5.94. The number of hydrogen-bond acceptors (Lipinski definition) is 5. The van der Waals surface area contributed by atoms with Gasteiger partial charge in [-0.05, 0) is 36.8 Å². The zero-order valence-electron chi connectivity index (χ0n) is 16.2. The Morgan fingerprint density at radius 3 is 2.52 bits per heavy atom. The zero-order chi connectivity index (χ0) is 20.2. The lowest BCUT2D eigenvalue weighted by atomic mass is 10.1. The second-order valence-electron chi connectivity index (χ2n) is 6.96. The van der Waals surface area contributed by atoms with Crippen molar-refractivity contribution in [3.63, 3.8) is 0 Å². The van der Waals surface area contributed by atoms with Crippen molar-refractivity contribution in [2.45, 2.75) is 13.5 Å². The molecule has 0 bridgehead atoms. The van der Waals surface area contributed by atoms with Crippen molar-refractivity contribution >= 4 is 11.6 Å². The van der Waals surface area contributed by atoms with Gasteiger partial charge < -0.3 is 14.5 Å². The van der Waals surface area contributed by atoms with Crippen LogP contribution in [0, 0.1) is 18.3 Å². The summed E-state index contributed by atoms with van der Waals surface area (Å²) in [7, 11) is 0. The number of ether oxygens (including phenoxy) is 1. The SMILES string of the molecule is Cc1oc(-n2cccc2)c(C#N)c1C(=O)Nc1ccc(CN2CCOCC2)cc1. The number of furan rings is 1. The maximum atomic E-state index is 12.8. The molecule has 3 heterocycles. The molecule has 0 saturated carbocycles. The molecule has 0 radical (unpaired) electrons. The normalized spacial score (nSPS) is 14.5. The number of carbonyl (C=O) groups excluding carboxylic acids is 1. The van der Waals surface area contributed by atoms with Gasteiger partial charge >= 0.3 is 0 Å². The maximum Gasteiger partial charge on any atom is 0.260 e. The average molecular weight is 390 g/mol. The highest BCUT2D eigenvalue weighted by Crippen LogP contribution is 2.26. The second-order valence-corrected chi connectivity index (χ2v) is 6.96. The van der Waals surface area contributed by atoms with Crippen molar-refractivity contribution < 1.29 is 13.9 Å². The fourth-order valence-electron chi connectivity index (χ4n) is 3.46. The van der Waals surface area contributed by atoms with Crippen molar-refractivity contribution in [1.82, 2.24) is 9.47 Å². The van der Waals surface area contributed by atoms with Crippen LogP contribution in [0.15, 0.2) is 53.2 Å². The lowest BCUT2D eigenvalue weighted by Crippen LogP contribution is -2.35. The molecule has 0 unspecified atom stereocenters. The quantitative estimate of drug-likeness (QED) is 0.722. The van der Waals surface area contributed by atoms with Gasteiger partial charge in [0.15, 0.2) is 0 Å². The standard InChI is InChI=1S/C22H22N4O3/c1-16-20(19(14-23)22(29-16)26-8-2-3-9-26)21(27)24-18-6-4-17(5-7-18)15-25-10-12-28-13-11-25/h2-9H,10-13,15H2,1H3,(H,24,27). The van der Waals surface area contributed by atoms with E-state index >= 15 is 0 Å². The molecule has 1 aliphatic rings. The van der Waals surface area contributed by atoms with Crippen LogP contribution in [0.4, 0.5) is 5.69 Å². The van der Waals surface area contributed by atoms with Gasteiger partial charge in [0.25, 0.3) is 5.91 Å². The highest BCUT2D eigenvalue weighted by Gasteiger charge is 2.24. The van der Waals surface area contributed by atoms with Gasteiger partial charge in [0.05, 0.1) is 13.2 Å². The first-order valence-electron chi connectivity index (χ1n) is 9.53. The third-order valence-electron chi connectivity index (χ3n) is 4.97. The Balaban J connectivity index is 1.49. The monoisotopic (exact) mass is 390 g/mol. The lowest BCUT2D eigenvalue weighted by Gasteiger charge is -2.26.